The zero-order chi connectivity index (χ0) is 18.3. The molecular weight excluding hydrogens is 329 g/mol. The molecule has 3 saturated heterocycles. The van der Waals surface area contributed by atoms with Crippen LogP contribution in [0.15, 0.2) is 29.3 Å². The lowest BCUT2D eigenvalue weighted by molar-refractivity contribution is 0.0767. The molecule has 3 aliphatic heterocycles. The molecule has 0 aromatic heterocycles. The molecule has 2 bridgehead atoms. The Morgan fingerprint density at radius 2 is 1.88 bits per heavy atom. The molecule has 1 aromatic carbocycles. The average molecular weight is 359 g/mol. The van der Waals surface area contributed by atoms with Gasteiger partial charge in [0.25, 0.3) is 0 Å². The lowest BCUT2D eigenvalue weighted by Gasteiger charge is -2.27. The van der Waals surface area contributed by atoms with Gasteiger partial charge >= 0.3 is 0 Å². The number of likely N-dealkylation sites (tertiary alicyclic amines) is 1. The van der Waals surface area contributed by atoms with E-state index in [4.69, 9.17) is 9.73 Å². The Bertz CT molecular complexity index is 672. The number of nitrogens with zero attached hydrogens (tertiary/aromatic N) is 2. The lowest BCUT2D eigenvalue weighted by Crippen LogP contribution is -2.42. The van der Waals surface area contributed by atoms with Crippen molar-refractivity contribution in [3.05, 3.63) is 35.6 Å². The predicted octanol–water partition coefficient (Wildman–Crippen LogP) is 3.18. The van der Waals surface area contributed by atoms with Crippen molar-refractivity contribution in [1.82, 2.24) is 10.2 Å². The summed E-state index contributed by atoms with van der Waals surface area (Å²) in [6.07, 6.45) is 3.34. The SMILES string of the molecule is CCNC(=NCC(C)(C)c1ccccc1F)N1CC2C3CCC(O3)C2C1. The van der Waals surface area contributed by atoms with Crippen molar-refractivity contribution in [2.24, 2.45) is 16.8 Å². The van der Waals surface area contributed by atoms with Gasteiger partial charge in [0, 0.05) is 36.9 Å². The summed E-state index contributed by atoms with van der Waals surface area (Å²) < 4.78 is 20.3. The molecule has 3 fully saturated rings. The lowest BCUT2D eigenvalue weighted by atomic mass is 9.82. The highest BCUT2D eigenvalue weighted by molar-refractivity contribution is 5.80. The van der Waals surface area contributed by atoms with Crippen LogP contribution in [0.5, 0.6) is 0 Å². The van der Waals surface area contributed by atoms with Gasteiger partial charge < -0.3 is 15.0 Å². The van der Waals surface area contributed by atoms with Crippen molar-refractivity contribution in [2.75, 3.05) is 26.2 Å². The van der Waals surface area contributed by atoms with Crippen molar-refractivity contribution in [3.8, 4) is 0 Å². The molecule has 0 radical (unpaired) electrons. The van der Waals surface area contributed by atoms with Crippen LogP contribution in [0.4, 0.5) is 4.39 Å². The second kappa shape index (κ2) is 6.84. The Morgan fingerprint density at radius 1 is 1.23 bits per heavy atom. The van der Waals surface area contributed by atoms with Crippen LogP contribution in [-0.4, -0.2) is 49.2 Å². The minimum Gasteiger partial charge on any atom is -0.374 e. The van der Waals surface area contributed by atoms with Gasteiger partial charge in [-0.1, -0.05) is 32.0 Å². The van der Waals surface area contributed by atoms with E-state index in [9.17, 15) is 4.39 Å². The van der Waals surface area contributed by atoms with E-state index in [-0.39, 0.29) is 11.2 Å². The van der Waals surface area contributed by atoms with Crippen LogP contribution < -0.4 is 5.32 Å². The topological polar surface area (TPSA) is 36.9 Å². The van der Waals surface area contributed by atoms with E-state index in [1.807, 2.05) is 12.1 Å². The van der Waals surface area contributed by atoms with Crippen LogP contribution in [0, 0.1) is 17.7 Å². The van der Waals surface area contributed by atoms with Gasteiger partial charge in [0.1, 0.15) is 5.82 Å². The first kappa shape index (κ1) is 17.8. The highest BCUT2D eigenvalue weighted by Crippen LogP contribution is 2.47. The number of hydrogen-bond donors (Lipinski definition) is 1. The first-order valence-electron chi connectivity index (χ1n) is 9.93. The maximum absolute atomic E-state index is 14.2. The number of halogens is 1. The van der Waals surface area contributed by atoms with Gasteiger partial charge in [-0.05, 0) is 31.4 Å². The fraction of sp³-hybridized carbons (Fsp3) is 0.667. The second-order valence-electron chi connectivity index (χ2n) is 8.56. The molecule has 3 heterocycles. The van der Waals surface area contributed by atoms with E-state index in [1.165, 1.54) is 18.9 Å². The number of guanidine groups is 1. The molecule has 142 valence electrons. The van der Waals surface area contributed by atoms with Crippen molar-refractivity contribution in [3.63, 3.8) is 0 Å². The monoisotopic (exact) mass is 359 g/mol. The number of nitrogens with one attached hydrogen (secondary N) is 1. The third-order valence-corrected chi connectivity index (χ3v) is 6.31. The molecule has 3 aliphatic rings. The maximum Gasteiger partial charge on any atom is 0.193 e. The van der Waals surface area contributed by atoms with Crippen LogP contribution in [0.2, 0.25) is 0 Å². The number of fused-ring (bicyclic) bond motifs is 5. The summed E-state index contributed by atoms with van der Waals surface area (Å²) in [5.41, 5.74) is 0.383. The Labute approximate surface area is 155 Å². The van der Waals surface area contributed by atoms with E-state index in [0.29, 0.717) is 30.6 Å². The molecule has 0 spiro atoms. The summed E-state index contributed by atoms with van der Waals surface area (Å²) in [6.45, 7) is 9.67. The Balaban J connectivity index is 1.49. The summed E-state index contributed by atoms with van der Waals surface area (Å²) in [6, 6.07) is 7.03. The third kappa shape index (κ3) is 3.11. The molecule has 1 aromatic rings. The molecule has 0 aliphatic carbocycles. The molecular formula is C21H30FN3O. The normalized spacial score (nSPS) is 30.8. The molecule has 26 heavy (non-hydrogen) atoms. The van der Waals surface area contributed by atoms with Gasteiger partial charge in [0.2, 0.25) is 0 Å². The van der Waals surface area contributed by atoms with Crippen molar-refractivity contribution >= 4 is 5.96 Å². The van der Waals surface area contributed by atoms with Crippen molar-refractivity contribution in [2.45, 2.75) is 51.2 Å². The van der Waals surface area contributed by atoms with E-state index < -0.39 is 0 Å². The maximum atomic E-state index is 14.2. The highest BCUT2D eigenvalue weighted by Gasteiger charge is 2.53. The molecule has 4 atom stereocenters. The largest absolute Gasteiger partial charge is 0.374 e. The first-order valence-corrected chi connectivity index (χ1v) is 9.93. The van der Waals surface area contributed by atoms with E-state index in [0.717, 1.165) is 31.2 Å². The first-order chi connectivity index (χ1) is 12.5. The molecule has 4 unspecified atom stereocenters. The summed E-state index contributed by atoms with van der Waals surface area (Å²) in [7, 11) is 0. The van der Waals surface area contributed by atoms with Gasteiger partial charge in [0.05, 0.1) is 18.8 Å². The molecule has 4 rings (SSSR count). The van der Waals surface area contributed by atoms with Gasteiger partial charge in [-0.25, -0.2) is 4.39 Å². The number of aliphatic imine (C=N–C) groups is 1. The summed E-state index contributed by atoms with van der Waals surface area (Å²) in [5, 5.41) is 3.44. The molecule has 0 amide bonds. The zero-order valence-corrected chi connectivity index (χ0v) is 16.0. The standard InChI is InChI=1S/C21H30FN3O/c1-4-23-20(24-13-21(2,3)16-7-5-6-8-17(16)22)25-11-14-15(12-25)19-10-9-18(14)26-19/h5-8,14-15,18-19H,4,9-13H2,1-3H3,(H,23,24). The summed E-state index contributed by atoms with van der Waals surface area (Å²) in [4.78, 5) is 7.30. The Kier molecular flexibility index (Phi) is 4.68. The van der Waals surface area contributed by atoms with Gasteiger partial charge in [-0.3, -0.25) is 4.99 Å². The molecule has 0 saturated carbocycles. The molecule has 1 N–H and O–H groups in total. The number of benzene rings is 1. The zero-order valence-electron chi connectivity index (χ0n) is 16.0. The van der Waals surface area contributed by atoms with E-state index in [1.54, 1.807) is 6.07 Å². The van der Waals surface area contributed by atoms with Gasteiger partial charge in [-0.2, -0.15) is 0 Å². The average Bonchev–Trinajstić information content (AvgIpc) is 3.31. The Morgan fingerprint density at radius 3 is 2.50 bits per heavy atom. The van der Waals surface area contributed by atoms with Crippen molar-refractivity contribution < 1.29 is 9.13 Å². The fourth-order valence-corrected chi connectivity index (χ4v) is 4.93. The number of ether oxygens (including phenoxy) is 1. The summed E-state index contributed by atoms with van der Waals surface area (Å²) >= 11 is 0. The van der Waals surface area contributed by atoms with Crippen LogP contribution in [0.1, 0.15) is 39.2 Å². The van der Waals surface area contributed by atoms with E-state index in [2.05, 4.69) is 31.0 Å². The minimum absolute atomic E-state index is 0.151. The molecule has 5 heteroatoms. The van der Waals surface area contributed by atoms with Crippen LogP contribution in [0.25, 0.3) is 0 Å². The smallest absolute Gasteiger partial charge is 0.193 e. The Hall–Kier alpha value is -1.62. The van der Waals surface area contributed by atoms with Gasteiger partial charge in [-0.15, -0.1) is 0 Å². The third-order valence-electron chi connectivity index (χ3n) is 6.31. The number of rotatable bonds is 4. The van der Waals surface area contributed by atoms with Gasteiger partial charge in [0.15, 0.2) is 5.96 Å². The molecule has 4 nitrogen and oxygen atoms in total. The highest BCUT2D eigenvalue weighted by atomic mass is 19.1. The van der Waals surface area contributed by atoms with Crippen LogP contribution >= 0.6 is 0 Å². The van der Waals surface area contributed by atoms with Crippen LogP contribution in [-0.2, 0) is 10.2 Å². The van der Waals surface area contributed by atoms with E-state index >= 15 is 0 Å². The quantitative estimate of drug-likeness (QED) is 0.663. The summed E-state index contributed by atoms with van der Waals surface area (Å²) in [5.74, 6) is 2.11. The number of hydrogen-bond acceptors (Lipinski definition) is 2. The second-order valence-corrected chi connectivity index (χ2v) is 8.56. The minimum atomic E-state index is -0.344. The predicted molar refractivity (Wildman–Crippen MR) is 102 cm³/mol. The van der Waals surface area contributed by atoms with Crippen molar-refractivity contribution in [1.29, 1.82) is 0 Å². The van der Waals surface area contributed by atoms with Crippen LogP contribution in [0.3, 0.4) is 0 Å². The fourth-order valence-electron chi connectivity index (χ4n) is 4.93.